The largest absolute Gasteiger partial charge is 0.387 e. The Morgan fingerprint density at radius 1 is 1.00 bits per heavy atom. The van der Waals surface area contributed by atoms with Crippen molar-refractivity contribution >= 4 is 5.57 Å². The monoisotopic (exact) mass is 253 g/mol. The van der Waals surface area contributed by atoms with Crippen LogP contribution in [0, 0.1) is 0 Å². The topological polar surface area (TPSA) is 32.3 Å². The molecule has 2 nitrogen and oxygen atoms in total. The molecule has 2 aromatic carbocycles. The standard InChI is InChI=1S/C17H19NO/c1-14(15-8-4-2-5-9-15)12-18-13-17(19)16-10-6-3-7-11-16/h2-11,17-19H,1,12-13H2. The average Bonchev–Trinajstić information content (AvgIpc) is 2.49. The summed E-state index contributed by atoms with van der Waals surface area (Å²) in [4.78, 5) is 0. The average molecular weight is 253 g/mol. The maximum Gasteiger partial charge on any atom is 0.0914 e. The van der Waals surface area contributed by atoms with Gasteiger partial charge in [0.05, 0.1) is 6.10 Å². The molecule has 2 rings (SSSR count). The third-order valence-corrected chi connectivity index (χ3v) is 3.04. The Bertz CT molecular complexity index is 507. The maximum atomic E-state index is 10.0. The second-order valence-corrected chi connectivity index (χ2v) is 4.53. The zero-order valence-corrected chi connectivity index (χ0v) is 10.9. The van der Waals surface area contributed by atoms with Crippen molar-refractivity contribution in [2.24, 2.45) is 0 Å². The fourth-order valence-corrected chi connectivity index (χ4v) is 1.93. The number of hydrogen-bond donors (Lipinski definition) is 2. The molecule has 0 bridgehead atoms. The fraction of sp³-hybridized carbons (Fsp3) is 0.176. The lowest BCUT2D eigenvalue weighted by molar-refractivity contribution is 0.176. The van der Waals surface area contributed by atoms with Crippen LogP contribution in [-0.2, 0) is 0 Å². The summed E-state index contributed by atoms with van der Waals surface area (Å²) >= 11 is 0. The van der Waals surface area contributed by atoms with Gasteiger partial charge in [0.2, 0.25) is 0 Å². The predicted molar refractivity (Wildman–Crippen MR) is 79.7 cm³/mol. The summed E-state index contributed by atoms with van der Waals surface area (Å²) in [6, 6.07) is 19.7. The summed E-state index contributed by atoms with van der Waals surface area (Å²) in [6.45, 7) is 5.25. The smallest absolute Gasteiger partial charge is 0.0914 e. The van der Waals surface area contributed by atoms with Crippen LogP contribution in [-0.4, -0.2) is 18.2 Å². The van der Waals surface area contributed by atoms with E-state index < -0.39 is 6.10 Å². The first-order chi connectivity index (χ1) is 9.27. The third kappa shape index (κ3) is 4.05. The maximum absolute atomic E-state index is 10.0. The summed E-state index contributed by atoms with van der Waals surface area (Å²) in [5.41, 5.74) is 3.09. The van der Waals surface area contributed by atoms with Crippen molar-refractivity contribution < 1.29 is 5.11 Å². The van der Waals surface area contributed by atoms with Gasteiger partial charge in [-0.15, -0.1) is 0 Å². The zero-order valence-electron chi connectivity index (χ0n) is 10.9. The van der Waals surface area contributed by atoms with E-state index in [4.69, 9.17) is 0 Å². The zero-order chi connectivity index (χ0) is 13.5. The SMILES string of the molecule is C=C(CNCC(O)c1ccccc1)c1ccccc1. The molecule has 0 aliphatic carbocycles. The van der Waals surface area contributed by atoms with Crippen LogP contribution in [0.15, 0.2) is 67.2 Å². The summed E-state index contributed by atoms with van der Waals surface area (Å²) in [5, 5.41) is 13.2. The van der Waals surface area contributed by atoms with Crippen molar-refractivity contribution in [3.05, 3.63) is 78.4 Å². The molecule has 0 saturated carbocycles. The lowest BCUT2D eigenvalue weighted by Gasteiger charge is -2.13. The molecule has 0 radical (unpaired) electrons. The summed E-state index contributed by atoms with van der Waals surface area (Å²) in [7, 11) is 0. The van der Waals surface area contributed by atoms with Gasteiger partial charge in [0, 0.05) is 13.1 Å². The summed E-state index contributed by atoms with van der Waals surface area (Å²) < 4.78 is 0. The van der Waals surface area contributed by atoms with Crippen molar-refractivity contribution in [3.63, 3.8) is 0 Å². The molecule has 0 spiro atoms. The van der Waals surface area contributed by atoms with E-state index in [9.17, 15) is 5.11 Å². The highest BCUT2D eigenvalue weighted by Gasteiger charge is 2.06. The van der Waals surface area contributed by atoms with Gasteiger partial charge in [-0.25, -0.2) is 0 Å². The Balaban J connectivity index is 1.79. The minimum Gasteiger partial charge on any atom is -0.387 e. The molecule has 0 saturated heterocycles. The molecule has 98 valence electrons. The molecule has 2 heteroatoms. The van der Waals surface area contributed by atoms with Gasteiger partial charge in [-0.05, 0) is 16.7 Å². The highest BCUT2D eigenvalue weighted by Crippen LogP contribution is 2.12. The molecule has 0 aliphatic rings. The Morgan fingerprint density at radius 2 is 1.58 bits per heavy atom. The normalized spacial score (nSPS) is 12.1. The van der Waals surface area contributed by atoms with E-state index in [1.807, 2.05) is 60.7 Å². The molecule has 0 heterocycles. The van der Waals surface area contributed by atoms with Crippen LogP contribution in [0.2, 0.25) is 0 Å². The number of aliphatic hydroxyl groups is 1. The molecule has 2 aromatic rings. The second-order valence-electron chi connectivity index (χ2n) is 4.53. The van der Waals surface area contributed by atoms with Crippen molar-refractivity contribution in [2.75, 3.05) is 13.1 Å². The number of benzene rings is 2. The van der Waals surface area contributed by atoms with Crippen LogP contribution in [0.25, 0.3) is 5.57 Å². The number of rotatable bonds is 6. The van der Waals surface area contributed by atoms with Gasteiger partial charge in [0.15, 0.2) is 0 Å². The molecule has 0 amide bonds. The molecule has 1 unspecified atom stereocenters. The quantitative estimate of drug-likeness (QED) is 0.829. The number of aliphatic hydroxyl groups excluding tert-OH is 1. The molecule has 19 heavy (non-hydrogen) atoms. The first kappa shape index (κ1) is 13.5. The molecular formula is C17H19NO. The Kier molecular flexibility index (Phi) is 4.90. The number of hydrogen-bond acceptors (Lipinski definition) is 2. The Labute approximate surface area is 114 Å². The molecule has 0 aromatic heterocycles. The van der Waals surface area contributed by atoms with Crippen molar-refractivity contribution in [3.8, 4) is 0 Å². The highest BCUT2D eigenvalue weighted by molar-refractivity contribution is 5.64. The number of nitrogens with one attached hydrogen (secondary N) is 1. The minimum absolute atomic E-state index is 0.482. The molecule has 0 aliphatic heterocycles. The van der Waals surface area contributed by atoms with E-state index in [0.29, 0.717) is 13.1 Å². The molecule has 0 fully saturated rings. The van der Waals surface area contributed by atoms with Gasteiger partial charge in [0.25, 0.3) is 0 Å². The van der Waals surface area contributed by atoms with Crippen molar-refractivity contribution in [1.82, 2.24) is 5.32 Å². The Morgan fingerprint density at radius 3 is 2.21 bits per heavy atom. The van der Waals surface area contributed by atoms with Crippen LogP contribution in [0.1, 0.15) is 17.2 Å². The fourth-order valence-electron chi connectivity index (χ4n) is 1.93. The summed E-state index contributed by atoms with van der Waals surface area (Å²) in [6.07, 6.45) is -0.482. The van der Waals surface area contributed by atoms with Crippen LogP contribution in [0.3, 0.4) is 0 Å². The van der Waals surface area contributed by atoms with Crippen LogP contribution in [0.4, 0.5) is 0 Å². The van der Waals surface area contributed by atoms with Gasteiger partial charge in [-0.2, -0.15) is 0 Å². The molecular weight excluding hydrogens is 234 g/mol. The van der Waals surface area contributed by atoms with E-state index in [0.717, 1.165) is 16.7 Å². The third-order valence-electron chi connectivity index (χ3n) is 3.04. The first-order valence-electron chi connectivity index (χ1n) is 6.44. The van der Waals surface area contributed by atoms with E-state index in [-0.39, 0.29) is 0 Å². The highest BCUT2D eigenvalue weighted by atomic mass is 16.3. The molecule has 2 N–H and O–H groups in total. The van der Waals surface area contributed by atoms with Crippen molar-refractivity contribution in [2.45, 2.75) is 6.10 Å². The van der Waals surface area contributed by atoms with Gasteiger partial charge >= 0.3 is 0 Å². The Hall–Kier alpha value is -1.90. The van der Waals surface area contributed by atoms with Crippen LogP contribution in [0.5, 0.6) is 0 Å². The lowest BCUT2D eigenvalue weighted by atomic mass is 10.1. The van der Waals surface area contributed by atoms with Gasteiger partial charge in [-0.1, -0.05) is 67.2 Å². The van der Waals surface area contributed by atoms with E-state index >= 15 is 0 Å². The van der Waals surface area contributed by atoms with Crippen LogP contribution < -0.4 is 5.32 Å². The first-order valence-corrected chi connectivity index (χ1v) is 6.44. The van der Waals surface area contributed by atoms with Crippen molar-refractivity contribution in [1.29, 1.82) is 0 Å². The van der Waals surface area contributed by atoms with Gasteiger partial charge < -0.3 is 10.4 Å². The van der Waals surface area contributed by atoms with Gasteiger partial charge in [0.1, 0.15) is 0 Å². The van der Waals surface area contributed by atoms with E-state index in [2.05, 4.69) is 11.9 Å². The predicted octanol–water partition coefficient (Wildman–Crippen LogP) is 3.02. The van der Waals surface area contributed by atoms with Crippen LogP contribution >= 0.6 is 0 Å². The lowest BCUT2D eigenvalue weighted by Crippen LogP contribution is -2.23. The second kappa shape index (κ2) is 6.88. The summed E-state index contributed by atoms with van der Waals surface area (Å²) in [5.74, 6) is 0. The molecule has 1 atom stereocenters. The van der Waals surface area contributed by atoms with E-state index in [1.54, 1.807) is 0 Å². The minimum atomic E-state index is -0.482. The van der Waals surface area contributed by atoms with Gasteiger partial charge in [-0.3, -0.25) is 0 Å². The van der Waals surface area contributed by atoms with E-state index in [1.165, 1.54) is 0 Å².